The minimum Gasteiger partial charge on any atom is -0.478 e. The van der Waals surface area contributed by atoms with Crippen molar-refractivity contribution in [2.24, 2.45) is 0 Å². The van der Waals surface area contributed by atoms with Crippen molar-refractivity contribution in [3.05, 3.63) is 29.3 Å². The fourth-order valence-corrected chi connectivity index (χ4v) is 1.75. The molecule has 0 aliphatic rings. The highest BCUT2D eigenvalue weighted by molar-refractivity contribution is 5.90. The van der Waals surface area contributed by atoms with Crippen molar-refractivity contribution in [1.29, 1.82) is 0 Å². The van der Waals surface area contributed by atoms with Gasteiger partial charge in [-0.15, -0.1) is 0 Å². The number of nitrogens with one attached hydrogen (secondary N) is 1. The quantitative estimate of drug-likeness (QED) is 0.844. The summed E-state index contributed by atoms with van der Waals surface area (Å²) in [5.74, 6) is -1.60. The maximum Gasteiger partial charge on any atom is 0.417 e. The first-order valence-electron chi connectivity index (χ1n) is 5.99. The molecule has 0 aromatic heterocycles. The van der Waals surface area contributed by atoms with E-state index in [2.05, 4.69) is 5.32 Å². The van der Waals surface area contributed by atoms with Crippen LogP contribution in [0.5, 0.6) is 0 Å². The van der Waals surface area contributed by atoms with Crippen molar-refractivity contribution >= 4 is 11.7 Å². The summed E-state index contributed by atoms with van der Waals surface area (Å²) in [6.07, 6.45) is -4.05. The van der Waals surface area contributed by atoms with Crippen molar-refractivity contribution < 1.29 is 27.8 Å². The predicted molar refractivity (Wildman–Crippen MR) is 68.0 cm³/mol. The fraction of sp³-hybridized carbons (Fsp3) is 0.462. The van der Waals surface area contributed by atoms with E-state index in [4.69, 9.17) is 9.84 Å². The van der Waals surface area contributed by atoms with E-state index < -0.39 is 23.3 Å². The second-order valence-corrected chi connectivity index (χ2v) is 4.27. The van der Waals surface area contributed by atoms with Crippen molar-refractivity contribution in [2.75, 3.05) is 19.0 Å². The minimum atomic E-state index is -4.71. The molecule has 1 rings (SSSR count). The van der Waals surface area contributed by atoms with Gasteiger partial charge in [0.05, 0.1) is 17.7 Å². The number of rotatable bonds is 6. The third-order valence-electron chi connectivity index (χ3n) is 2.79. The van der Waals surface area contributed by atoms with Crippen LogP contribution in [0.25, 0.3) is 0 Å². The molecule has 0 bridgehead atoms. The summed E-state index contributed by atoms with van der Waals surface area (Å²) >= 11 is 0. The number of anilines is 1. The Kier molecular flexibility index (Phi) is 5.38. The standard InChI is InChI=1S/C13H16F3NO3/c1-3-8(7-20-2)17-9-4-5-10(12(18)19)11(6-9)13(14,15)16/h4-6,8,17H,3,7H2,1-2H3,(H,18,19). The van der Waals surface area contributed by atoms with Crippen LogP contribution in [0.4, 0.5) is 18.9 Å². The van der Waals surface area contributed by atoms with Gasteiger partial charge in [-0.25, -0.2) is 4.79 Å². The Labute approximate surface area is 114 Å². The van der Waals surface area contributed by atoms with E-state index >= 15 is 0 Å². The summed E-state index contributed by atoms with van der Waals surface area (Å²) in [7, 11) is 1.50. The number of benzene rings is 1. The van der Waals surface area contributed by atoms with Gasteiger partial charge in [-0.3, -0.25) is 0 Å². The average molecular weight is 291 g/mol. The third kappa shape index (κ3) is 4.12. The van der Waals surface area contributed by atoms with Crippen molar-refractivity contribution in [3.8, 4) is 0 Å². The molecule has 0 amide bonds. The lowest BCUT2D eigenvalue weighted by atomic mass is 10.1. The van der Waals surface area contributed by atoms with Gasteiger partial charge in [0.15, 0.2) is 0 Å². The molecule has 1 atom stereocenters. The molecule has 0 fully saturated rings. The highest BCUT2D eigenvalue weighted by Crippen LogP contribution is 2.34. The van der Waals surface area contributed by atoms with Gasteiger partial charge in [0.2, 0.25) is 0 Å². The van der Waals surface area contributed by atoms with Crippen molar-refractivity contribution in [2.45, 2.75) is 25.6 Å². The Morgan fingerprint density at radius 2 is 2.10 bits per heavy atom. The smallest absolute Gasteiger partial charge is 0.417 e. The first-order valence-corrected chi connectivity index (χ1v) is 5.99. The van der Waals surface area contributed by atoms with Crippen LogP contribution in [0.1, 0.15) is 29.3 Å². The average Bonchev–Trinajstić information content (AvgIpc) is 2.36. The maximum absolute atomic E-state index is 12.8. The normalized spacial score (nSPS) is 13.1. The van der Waals surface area contributed by atoms with Crippen LogP contribution in [0, 0.1) is 0 Å². The molecule has 1 aromatic rings. The van der Waals surface area contributed by atoms with E-state index in [1.165, 1.54) is 13.2 Å². The lowest BCUT2D eigenvalue weighted by Gasteiger charge is -2.19. The van der Waals surface area contributed by atoms with Crippen LogP contribution in [-0.4, -0.2) is 30.8 Å². The van der Waals surface area contributed by atoms with E-state index in [1.807, 2.05) is 6.92 Å². The first kappa shape index (κ1) is 16.3. The van der Waals surface area contributed by atoms with Crippen LogP contribution in [0.3, 0.4) is 0 Å². The lowest BCUT2D eigenvalue weighted by molar-refractivity contribution is -0.138. The SMILES string of the molecule is CCC(COC)Nc1ccc(C(=O)O)c(C(F)(F)F)c1. The van der Waals surface area contributed by atoms with Crippen LogP contribution in [0.15, 0.2) is 18.2 Å². The number of carboxylic acid groups (broad SMARTS) is 1. The first-order chi connectivity index (χ1) is 9.29. The maximum atomic E-state index is 12.8. The third-order valence-corrected chi connectivity index (χ3v) is 2.79. The number of carboxylic acids is 1. The number of methoxy groups -OCH3 is 1. The molecule has 0 aliphatic carbocycles. The molecule has 20 heavy (non-hydrogen) atoms. The van der Waals surface area contributed by atoms with Gasteiger partial charge in [-0.2, -0.15) is 13.2 Å². The molecule has 0 saturated carbocycles. The largest absolute Gasteiger partial charge is 0.478 e. The molecule has 0 heterocycles. The molecule has 112 valence electrons. The molecular weight excluding hydrogens is 275 g/mol. The topological polar surface area (TPSA) is 58.6 Å². The van der Waals surface area contributed by atoms with Crippen LogP contribution < -0.4 is 5.32 Å². The molecule has 0 aliphatic heterocycles. The van der Waals surface area contributed by atoms with Crippen molar-refractivity contribution in [3.63, 3.8) is 0 Å². The molecule has 0 spiro atoms. The van der Waals surface area contributed by atoms with Gasteiger partial charge in [-0.1, -0.05) is 6.92 Å². The second kappa shape index (κ2) is 6.60. The Morgan fingerprint density at radius 1 is 1.45 bits per heavy atom. The summed E-state index contributed by atoms with van der Waals surface area (Å²) in [6.45, 7) is 2.21. The Bertz CT molecular complexity index is 474. The predicted octanol–water partition coefficient (Wildman–Crippen LogP) is 3.24. The van der Waals surface area contributed by atoms with Gasteiger partial charge in [0.25, 0.3) is 0 Å². The summed E-state index contributed by atoms with van der Waals surface area (Å²) in [5, 5.41) is 11.7. The summed E-state index contributed by atoms with van der Waals surface area (Å²) in [6, 6.07) is 2.93. The van der Waals surface area contributed by atoms with Crippen molar-refractivity contribution in [1.82, 2.24) is 0 Å². The Balaban J connectivity index is 3.10. The van der Waals surface area contributed by atoms with E-state index in [9.17, 15) is 18.0 Å². The summed E-state index contributed by atoms with van der Waals surface area (Å²) < 4.78 is 43.5. The zero-order chi connectivity index (χ0) is 15.3. The lowest BCUT2D eigenvalue weighted by Crippen LogP contribution is -2.24. The molecule has 0 radical (unpaired) electrons. The van der Waals surface area contributed by atoms with Crippen LogP contribution in [-0.2, 0) is 10.9 Å². The number of halogens is 3. The highest BCUT2D eigenvalue weighted by atomic mass is 19.4. The molecule has 1 unspecified atom stereocenters. The van der Waals surface area contributed by atoms with E-state index in [1.54, 1.807) is 0 Å². The number of hydrogen-bond acceptors (Lipinski definition) is 3. The van der Waals surface area contributed by atoms with Gasteiger partial charge in [-0.05, 0) is 24.6 Å². The van der Waals surface area contributed by atoms with E-state index in [0.717, 1.165) is 12.1 Å². The highest BCUT2D eigenvalue weighted by Gasteiger charge is 2.35. The molecule has 0 saturated heterocycles. The summed E-state index contributed by atoms with van der Waals surface area (Å²) in [4.78, 5) is 10.8. The van der Waals surface area contributed by atoms with E-state index in [0.29, 0.717) is 13.0 Å². The monoisotopic (exact) mass is 291 g/mol. The van der Waals surface area contributed by atoms with E-state index in [-0.39, 0.29) is 11.7 Å². The molecular formula is C13H16F3NO3. The number of carbonyl (C=O) groups is 1. The number of ether oxygens (including phenoxy) is 1. The van der Waals surface area contributed by atoms with Crippen LogP contribution >= 0.6 is 0 Å². The molecule has 4 nitrogen and oxygen atoms in total. The second-order valence-electron chi connectivity index (χ2n) is 4.27. The zero-order valence-corrected chi connectivity index (χ0v) is 11.1. The fourth-order valence-electron chi connectivity index (χ4n) is 1.75. The number of hydrogen-bond donors (Lipinski definition) is 2. The molecule has 2 N–H and O–H groups in total. The van der Waals surface area contributed by atoms with Crippen LogP contribution in [0.2, 0.25) is 0 Å². The molecule has 7 heteroatoms. The Morgan fingerprint density at radius 3 is 2.55 bits per heavy atom. The van der Waals surface area contributed by atoms with Gasteiger partial charge >= 0.3 is 12.1 Å². The number of aromatic carboxylic acids is 1. The van der Waals surface area contributed by atoms with Gasteiger partial charge < -0.3 is 15.2 Å². The van der Waals surface area contributed by atoms with Gasteiger partial charge in [0.1, 0.15) is 0 Å². The molecule has 1 aromatic carbocycles. The van der Waals surface area contributed by atoms with Gasteiger partial charge in [0, 0.05) is 18.8 Å². The Hall–Kier alpha value is -1.76. The zero-order valence-electron chi connectivity index (χ0n) is 11.1. The summed E-state index contributed by atoms with van der Waals surface area (Å²) in [5.41, 5.74) is -1.71. The minimum absolute atomic E-state index is 0.142. The number of alkyl halides is 3.